The lowest BCUT2D eigenvalue weighted by Gasteiger charge is -2.35. The summed E-state index contributed by atoms with van der Waals surface area (Å²) in [7, 11) is 0. The smallest absolute Gasteiger partial charge is 0.331 e. The maximum atomic E-state index is 13.5. The zero-order valence-electron chi connectivity index (χ0n) is 21.8. The number of allylic oxidation sites excluding steroid dienone is 2. The minimum Gasteiger partial charge on any atom is -0.462 e. The van der Waals surface area contributed by atoms with E-state index in [0.717, 1.165) is 63.4 Å². The molecule has 4 aliphatic carbocycles. The number of esters is 2. The van der Waals surface area contributed by atoms with E-state index in [9.17, 15) is 9.59 Å². The summed E-state index contributed by atoms with van der Waals surface area (Å²) in [6.45, 7) is 8.94. The normalized spacial score (nSPS) is 40.5. The van der Waals surface area contributed by atoms with Gasteiger partial charge in [0.2, 0.25) is 0 Å². The van der Waals surface area contributed by atoms with Crippen molar-refractivity contribution in [3.05, 3.63) is 23.8 Å². The lowest BCUT2D eigenvalue weighted by molar-refractivity contribution is -0.159. The molecule has 190 valence electrons. The monoisotopic (exact) mass is 470 g/mol. The van der Waals surface area contributed by atoms with Crippen molar-refractivity contribution in [3.63, 3.8) is 0 Å². The number of ether oxygens (including phenoxy) is 2. The molecule has 0 heterocycles. The Bertz CT molecular complexity index is 783. The van der Waals surface area contributed by atoms with E-state index in [1.807, 2.05) is 0 Å². The average Bonchev–Trinajstić information content (AvgIpc) is 3.39. The molecule has 0 saturated heterocycles. The summed E-state index contributed by atoms with van der Waals surface area (Å²) in [5.41, 5.74) is 0.925. The summed E-state index contributed by atoms with van der Waals surface area (Å²) in [4.78, 5) is 26.5. The van der Waals surface area contributed by atoms with E-state index in [1.165, 1.54) is 12.8 Å². The predicted octanol–water partition coefficient (Wildman–Crippen LogP) is 7.03. The first-order valence-corrected chi connectivity index (χ1v) is 14.2. The van der Waals surface area contributed by atoms with Crippen molar-refractivity contribution in [3.8, 4) is 0 Å². The van der Waals surface area contributed by atoms with Crippen LogP contribution in [0.3, 0.4) is 0 Å². The fourth-order valence-electron chi connectivity index (χ4n) is 7.22. The van der Waals surface area contributed by atoms with Gasteiger partial charge in [0.1, 0.15) is 12.2 Å². The summed E-state index contributed by atoms with van der Waals surface area (Å²) < 4.78 is 12.3. The van der Waals surface area contributed by atoms with E-state index in [4.69, 9.17) is 9.47 Å². The number of rotatable bonds is 8. The zero-order valence-corrected chi connectivity index (χ0v) is 21.8. The van der Waals surface area contributed by atoms with Gasteiger partial charge in [0.25, 0.3) is 0 Å². The maximum Gasteiger partial charge on any atom is 0.331 e. The topological polar surface area (TPSA) is 52.6 Å². The molecule has 0 aliphatic heterocycles. The Morgan fingerprint density at radius 2 is 1.44 bits per heavy atom. The molecule has 34 heavy (non-hydrogen) atoms. The third-order valence-corrected chi connectivity index (χ3v) is 9.11. The van der Waals surface area contributed by atoms with E-state index in [1.54, 1.807) is 6.08 Å². The molecule has 0 radical (unpaired) electrons. The van der Waals surface area contributed by atoms with Gasteiger partial charge in [0.05, 0.1) is 5.92 Å². The predicted molar refractivity (Wildman–Crippen MR) is 135 cm³/mol. The average molecular weight is 471 g/mol. The molecular formula is C30H46O4. The third-order valence-electron chi connectivity index (χ3n) is 9.11. The van der Waals surface area contributed by atoms with Gasteiger partial charge in [0, 0.05) is 6.08 Å². The molecule has 3 fully saturated rings. The minimum absolute atomic E-state index is 0.00566. The molecule has 0 spiro atoms. The van der Waals surface area contributed by atoms with Crippen LogP contribution in [0.5, 0.6) is 0 Å². The zero-order chi connectivity index (χ0) is 24.2. The molecule has 0 amide bonds. The molecule has 4 rings (SSSR count). The van der Waals surface area contributed by atoms with Gasteiger partial charge in [-0.15, -0.1) is 0 Å². The largest absolute Gasteiger partial charge is 0.462 e. The lowest BCUT2D eigenvalue weighted by atomic mass is 9.78. The molecule has 4 aliphatic rings. The van der Waals surface area contributed by atoms with E-state index in [-0.39, 0.29) is 41.9 Å². The van der Waals surface area contributed by atoms with Crippen LogP contribution >= 0.6 is 0 Å². The van der Waals surface area contributed by atoms with Crippen molar-refractivity contribution in [2.45, 2.75) is 111 Å². The van der Waals surface area contributed by atoms with Gasteiger partial charge in [-0.05, 0) is 86.0 Å². The Kier molecular flexibility index (Phi) is 8.58. The SMILES string of the molecule is CCC[C@@H]1CC[C@@H](C)C[C@H]1OC(=O)/C=C1/[C@@H]2C=C[C@@H](C2)[C@H]1C(=O)O[C@@H]1C[C@H](C)CC[C@H]1CCC. The van der Waals surface area contributed by atoms with Gasteiger partial charge >= 0.3 is 11.9 Å². The first-order valence-electron chi connectivity index (χ1n) is 14.2. The molecule has 9 atom stereocenters. The fraction of sp³-hybridized carbons (Fsp3) is 0.800. The lowest BCUT2D eigenvalue weighted by Crippen LogP contribution is -2.36. The Morgan fingerprint density at radius 1 is 0.853 bits per heavy atom. The minimum atomic E-state index is -0.321. The summed E-state index contributed by atoms with van der Waals surface area (Å²) in [6, 6.07) is 0. The van der Waals surface area contributed by atoms with Crippen molar-refractivity contribution in [2.75, 3.05) is 0 Å². The first-order chi connectivity index (χ1) is 16.4. The number of carbonyl (C=O) groups is 2. The highest BCUT2D eigenvalue weighted by molar-refractivity contribution is 5.87. The van der Waals surface area contributed by atoms with Crippen molar-refractivity contribution in [2.24, 2.45) is 41.4 Å². The van der Waals surface area contributed by atoms with E-state index in [2.05, 4.69) is 39.8 Å². The molecule has 0 N–H and O–H groups in total. The van der Waals surface area contributed by atoms with Crippen LogP contribution in [0.15, 0.2) is 23.8 Å². The van der Waals surface area contributed by atoms with E-state index >= 15 is 0 Å². The Hall–Kier alpha value is -1.58. The van der Waals surface area contributed by atoms with Crippen LogP contribution in [0, 0.1) is 41.4 Å². The molecule has 3 saturated carbocycles. The van der Waals surface area contributed by atoms with Crippen LogP contribution < -0.4 is 0 Å². The van der Waals surface area contributed by atoms with Gasteiger partial charge in [-0.2, -0.15) is 0 Å². The molecule has 0 aromatic carbocycles. The number of carbonyl (C=O) groups excluding carboxylic acids is 2. The van der Waals surface area contributed by atoms with Crippen LogP contribution in [0.4, 0.5) is 0 Å². The van der Waals surface area contributed by atoms with Crippen molar-refractivity contribution < 1.29 is 19.1 Å². The highest BCUT2D eigenvalue weighted by Crippen LogP contribution is 2.49. The molecule has 2 bridgehead atoms. The molecular weight excluding hydrogens is 424 g/mol. The number of fused-ring (bicyclic) bond motifs is 2. The second kappa shape index (κ2) is 11.4. The van der Waals surface area contributed by atoms with Gasteiger partial charge < -0.3 is 9.47 Å². The molecule has 4 heteroatoms. The highest BCUT2D eigenvalue weighted by Gasteiger charge is 2.46. The van der Waals surface area contributed by atoms with Gasteiger partial charge in [-0.25, -0.2) is 4.79 Å². The van der Waals surface area contributed by atoms with Crippen molar-refractivity contribution in [1.82, 2.24) is 0 Å². The molecule has 4 nitrogen and oxygen atoms in total. The van der Waals surface area contributed by atoms with Crippen molar-refractivity contribution >= 4 is 11.9 Å². The summed E-state index contributed by atoms with van der Waals surface area (Å²) >= 11 is 0. The van der Waals surface area contributed by atoms with Gasteiger partial charge in [0.15, 0.2) is 0 Å². The van der Waals surface area contributed by atoms with E-state index in [0.29, 0.717) is 23.7 Å². The molecule has 0 aromatic heterocycles. The van der Waals surface area contributed by atoms with Gasteiger partial charge in [-0.3, -0.25) is 4.79 Å². The Morgan fingerprint density at radius 3 is 2.03 bits per heavy atom. The maximum absolute atomic E-state index is 13.5. The summed E-state index contributed by atoms with van der Waals surface area (Å²) in [6.07, 6.45) is 18.1. The fourth-order valence-corrected chi connectivity index (χ4v) is 7.22. The highest BCUT2D eigenvalue weighted by atomic mass is 16.5. The first kappa shape index (κ1) is 25.5. The van der Waals surface area contributed by atoms with E-state index < -0.39 is 0 Å². The molecule has 0 aromatic rings. The van der Waals surface area contributed by atoms with Crippen molar-refractivity contribution in [1.29, 1.82) is 0 Å². The summed E-state index contributed by atoms with van der Waals surface area (Å²) in [5, 5.41) is 0. The quantitative estimate of drug-likeness (QED) is 0.217. The standard InChI is InChI=1S/C30H46O4/c1-5-7-21-11-9-19(3)15-26(21)33-28(31)18-25-23-13-14-24(17-23)29(25)30(32)34-27-16-20(4)10-12-22(27)8-6-2/h13-14,18-24,26-27,29H,5-12,15-17H2,1-4H3/b25-18-/t19-,20-,21-,22-,23-,24+,26-,27-,29-/m1/s1. The van der Waals surface area contributed by atoms with Crippen LogP contribution in [0.25, 0.3) is 0 Å². The third kappa shape index (κ3) is 5.79. The summed E-state index contributed by atoms with van der Waals surface area (Å²) in [5.74, 6) is 1.77. The second-order valence-electron chi connectivity index (χ2n) is 11.9. The van der Waals surface area contributed by atoms with Crippen LogP contribution in [-0.4, -0.2) is 24.1 Å². The van der Waals surface area contributed by atoms with Crippen LogP contribution in [0.2, 0.25) is 0 Å². The van der Waals surface area contributed by atoms with Crippen LogP contribution in [-0.2, 0) is 19.1 Å². The second-order valence-corrected chi connectivity index (χ2v) is 11.9. The Balaban J connectivity index is 1.45. The molecule has 0 unspecified atom stereocenters. The van der Waals surface area contributed by atoms with Crippen LogP contribution in [0.1, 0.15) is 98.3 Å². The Labute approximate surface area is 206 Å². The number of hydrogen-bond acceptors (Lipinski definition) is 4. The van der Waals surface area contributed by atoms with Gasteiger partial charge in [-0.1, -0.05) is 65.5 Å². The number of hydrogen-bond donors (Lipinski definition) is 0.